The van der Waals surface area contributed by atoms with E-state index in [1.165, 1.54) is 12.8 Å². The molecule has 1 heteroatoms. The fourth-order valence-corrected chi connectivity index (χ4v) is 7.67. The van der Waals surface area contributed by atoms with Gasteiger partial charge in [0.2, 0.25) is 0 Å². The van der Waals surface area contributed by atoms with Crippen LogP contribution in [0.4, 0.5) is 0 Å². The molecule has 0 aromatic carbocycles. The van der Waals surface area contributed by atoms with Crippen LogP contribution in [0.5, 0.6) is 0 Å². The number of hydrogen-bond acceptors (Lipinski definition) is 0. The van der Waals surface area contributed by atoms with Gasteiger partial charge in [-0.25, -0.2) is 0 Å². The smallest absolute Gasteiger partial charge is 0.0176 e. The second-order valence-electron chi connectivity index (χ2n) is 6.92. The van der Waals surface area contributed by atoms with Gasteiger partial charge in [0.15, 0.2) is 0 Å². The summed E-state index contributed by atoms with van der Waals surface area (Å²) < 4.78 is 0. The van der Waals surface area contributed by atoms with E-state index in [0.29, 0.717) is 5.16 Å². The molecule has 5 unspecified atom stereocenters. The van der Waals surface area contributed by atoms with E-state index in [0.717, 1.165) is 23.4 Å². The lowest BCUT2D eigenvalue weighted by molar-refractivity contribution is 0.224. The van der Waals surface area contributed by atoms with E-state index >= 15 is 0 Å². The third-order valence-electron chi connectivity index (χ3n) is 4.75. The summed E-state index contributed by atoms with van der Waals surface area (Å²) >= 11 is 0. The van der Waals surface area contributed by atoms with Crippen LogP contribution < -0.4 is 0 Å². The van der Waals surface area contributed by atoms with Crippen LogP contribution in [0.1, 0.15) is 53.9 Å². The van der Waals surface area contributed by atoms with E-state index < -0.39 is 0 Å². The standard InChI is InChI=1S/C14H27P/c1-10-6-7-12-8-13(10)15(9-11(12)2)14(3,4)5/h10-13H,6-9H2,1-5H3. The summed E-state index contributed by atoms with van der Waals surface area (Å²) in [6.07, 6.45) is 6.14. The monoisotopic (exact) mass is 226 g/mol. The highest BCUT2D eigenvalue weighted by molar-refractivity contribution is 7.60. The van der Waals surface area contributed by atoms with Crippen molar-refractivity contribution in [2.45, 2.75) is 64.7 Å². The van der Waals surface area contributed by atoms with Gasteiger partial charge < -0.3 is 0 Å². The van der Waals surface area contributed by atoms with Crippen LogP contribution in [0.25, 0.3) is 0 Å². The number of fused-ring (bicyclic) bond motifs is 2. The van der Waals surface area contributed by atoms with Crippen LogP contribution in [0.15, 0.2) is 0 Å². The third-order valence-corrected chi connectivity index (χ3v) is 8.96. The molecule has 0 aromatic heterocycles. The average Bonchev–Trinajstić information content (AvgIpc) is 2.13. The molecule has 1 aliphatic carbocycles. The first-order valence-corrected chi connectivity index (χ1v) is 8.26. The van der Waals surface area contributed by atoms with Gasteiger partial charge in [-0.1, -0.05) is 42.5 Å². The fraction of sp³-hybridized carbons (Fsp3) is 1.00. The molecule has 15 heavy (non-hydrogen) atoms. The maximum atomic E-state index is 2.51. The Labute approximate surface area is 97.0 Å². The highest BCUT2D eigenvalue weighted by Gasteiger charge is 2.44. The van der Waals surface area contributed by atoms with Gasteiger partial charge in [-0.15, -0.1) is 0 Å². The second-order valence-corrected chi connectivity index (χ2v) is 10.2. The lowest BCUT2D eigenvalue weighted by atomic mass is 9.76. The first kappa shape index (κ1) is 11.9. The van der Waals surface area contributed by atoms with Gasteiger partial charge in [0.05, 0.1) is 0 Å². The van der Waals surface area contributed by atoms with Gasteiger partial charge in [0.25, 0.3) is 0 Å². The first-order valence-electron chi connectivity index (χ1n) is 6.66. The molecule has 5 atom stereocenters. The summed E-state index contributed by atoms with van der Waals surface area (Å²) in [5.41, 5.74) is 1.09. The molecular weight excluding hydrogens is 199 g/mol. The van der Waals surface area contributed by atoms with Crippen LogP contribution in [-0.2, 0) is 0 Å². The SMILES string of the molecule is CC1CP(C(C)(C)C)C2CC1CCC2C. The van der Waals surface area contributed by atoms with Gasteiger partial charge in [-0.05, 0) is 54.0 Å². The largest absolute Gasteiger partial charge is 0.0974 e. The molecule has 0 N–H and O–H groups in total. The van der Waals surface area contributed by atoms with Crippen LogP contribution in [0.2, 0.25) is 0 Å². The first-order chi connectivity index (χ1) is 6.89. The van der Waals surface area contributed by atoms with E-state index in [1.807, 2.05) is 0 Å². The highest BCUT2D eigenvalue weighted by atomic mass is 31.1. The third kappa shape index (κ3) is 2.26. The lowest BCUT2D eigenvalue weighted by Gasteiger charge is -2.52. The summed E-state index contributed by atoms with van der Waals surface area (Å²) in [5, 5.41) is 0.588. The summed E-state index contributed by atoms with van der Waals surface area (Å²) in [6, 6.07) is 0. The van der Waals surface area contributed by atoms with Crippen molar-refractivity contribution in [3.8, 4) is 0 Å². The minimum absolute atomic E-state index is 0.270. The van der Waals surface area contributed by atoms with Crippen LogP contribution >= 0.6 is 7.92 Å². The van der Waals surface area contributed by atoms with Gasteiger partial charge in [-0.3, -0.25) is 0 Å². The van der Waals surface area contributed by atoms with E-state index in [1.54, 1.807) is 12.6 Å². The van der Waals surface area contributed by atoms with E-state index in [2.05, 4.69) is 34.6 Å². The van der Waals surface area contributed by atoms with E-state index in [9.17, 15) is 0 Å². The van der Waals surface area contributed by atoms with Crippen LogP contribution in [-0.4, -0.2) is 17.0 Å². The highest BCUT2D eigenvalue weighted by Crippen LogP contribution is 2.64. The van der Waals surface area contributed by atoms with Gasteiger partial charge in [-0.2, -0.15) is 0 Å². The molecular formula is C14H27P. The predicted molar refractivity (Wildman–Crippen MR) is 71.0 cm³/mol. The molecule has 2 bridgehead atoms. The summed E-state index contributed by atoms with van der Waals surface area (Å²) in [4.78, 5) is 0. The minimum Gasteiger partial charge on any atom is -0.0974 e. The molecule has 0 spiro atoms. The van der Waals surface area contributed by atoms with Crippen LogP contribution in [0, 0.1) is 17.8 Å². The summed E-state index contributed by atoms with van der Waals surface area (Å²) in [7, 11) is 0.270. The Bertz CT molecular complexity index is 228. The Balaban J connectivity index is 2.18. The van der Waals surface area contributed by atoms with Crippen molar-refractivity contribution >= 4 is 7.92 Å². The molecule has 1 saturated carbocycles. The van der Waals surface area contributed by atoms with Crippen LogP contribution in [0.3, 0.4) is 0 Å². The van der Waals surface area contributed by atoms with Gasteiger partial charge in [0.1, 0.15) is 0 Å². The average molecular weight is 226 g/mol. The van der Waals surface area contributed by atoms with Crippen molar-refractivity contribution in [2.24, 2.45) is 17.8 Å². The molecule has 0 nitrogen and oxygen atoms in total. The molecule has 2 aliphatic rings. The quantitative estimate of drug-likeness (QED) is 0.524. The molecule has 1 heterocycles. The van der Waals surface area contributed by atoms with Gasteiger partial charge >= 0.3 is 0 Å². The zero-order chi connectivity index (χ0) is 11.2. The van der Waals surface area contributed by atoms with Crippen molar-refractivity contribution in [1.29, 1.82) is 0 Å². The van der Waals surface area contributed by atoms with Gasteiger partial charge in [0, 0.05) is 0 Å². The molecule has 2 fully saturated rings. The minimum atomic E-state index is 0.270. The van der Waals surface area contributed by atoms with E-state index in [4.69, 9.17) is 0 Å². The zero-order valence-electron chi connectivity index (χ0n) is 11.1. The number of rotatable bonds is 0. The van der Waals surface area contributed by atoms with Crippen molar-refractivity contribution < 1.29 is 0 Å². The Kier molecular flexibility index (Phi) is 3.19. The molecule has 1 saturated heterocycles. The fourth-order valence-electron chi connectivity index (χ4n) is 3.65. The predicted octanol–water partition coefficient (Wildman–Crippen LogP) is 4.72. The van der Waals surface area contributed by atoms with Crippen molar-refractivity contribution in [3.05, 3.63) is 0 Å². The zero-order valence-corrected chi connectivity index (χ0v) is 12.0. The molecule has 0 aromatic rings. The second kappa shape index (κ2) is 4.02. The topological polar surface area (TPSA) is 0 Å². The number of hydrogen-bond donors (Lipinski definition) is 0. The van der Waals surface area contributed by atoms with Crippen molar-refractivity contribution in [2.75, 3.05) is 6.16 Å². The van der Waals surface area contributed by atoms with Crippen molar-refractivity contribution in [3.63, 3.8) is 0 Å². The lowest BCUT2D eigenvalue weighted by Crippen LogP contribution is -2.40. The summed E-state index contributed by atoms with van der Waals surface area (Å²) in [5.74, 6) is 3.10. The maximum absolute atomic E-state index is 2.51. The summed E-state index contributed by atoms with van der Waals surface area (Å²) in [6.45, 7) is 12.5. The normalized spacial score (nSPS) is 46.6. The molecule has 0 radical (unpaired) electrons. The molecule has 2 rings (SSSR count). The van der Waals surface area contributed by atoms with E-state index in [-0.39, 0.29) is 7.92 Å². The Morgan fingerprint density at radius 1 is 1.00 bits per heavy atom. The molecule has 1 aliphatic heterocycles. The Morgan fingerprint density at radius 3 is 2.27 bits per heavy atom. The molecule has 0 amide bonds. The maximum Gasteiger partial charge on any atom is -0.0176 e. The Hall–Kier alpha value is 0.430. The van der Waals surface area contributed by atoms with Crippen molar-refractivity contribution in [1.82, 2.24) is 0 Å². The Morgan fingerprint density at radius 2 is 1.67 bits per heavy atom. The molecule has 88 valence electrons.